The molecule has 1 aliphatic heterocycles. The summed E-state index contributed by atoms with van der Waals surface area (Å²) in [5, 5.41) is 3.25. The first-order valence-electron chi connectivity index (χ1n) is 9.84. The van der Waals surface area contributed by atoms with E-state index in [1.807, 2.05) is 42.6 Å². The van der Waals surface area contributed by atoms with E-state index >= 15 is 0 Å². The van der Waals surface area contributed by atoms with Crippen LogP contribution < -0.4 is 10.2 Å². The zero-order valence-corrected chi connectivity index (χ0v) is 16.3. The third-order valence-electron chi connectivity index (χ3n) is 4.96. The summed E-state index contributed by atoms with van der Waals surface area (Å²) in [4.78, 5) is 21.6. The number of nitrogens with one attached hydrogen (secondary N) is 1. The van der Waals surface area contributed by atoms with Crippen LogP contribution in [0.4, 0.5) is 5.82 Å². The quantitative estimate of drug-likeness (QED) is 0.818. The van der Waals surface area contributed by atoms with Crippen LogP contribution in [0, 0.1) is 5.92 Å². The molecule has 2 heterocycles. The minimum absolute atomic E-state index is 0.0773. The average molecular weight is 367 g/mol. The van der Waals surface area contributed by atoms with Gasteiger partial charge in [0.15, 0.2) is 0 Å². The monoisotopic (exact) mass is 366 g/mol. The Morgan fingerprint density at radius 3 is 2.37 bits per heavy atom. The number of hydrogen-bond donors (Lipinski definition) is 1. The second-order valence-electron chi connectivity index (χ2n) is 7.61. The molecule has 1 aliphatic rings. The van der Waals surface area contributed by atoms with Crippen LogP contribution in [0.15, 0.2) is 54.7 Å². The summed E-state index contributed by atoms with van der Waals surface area (Å²) in [6, 6.07) is 16.3. The predicted octanol–water partition coefficient (Wildman–Crippen LogP) is 3.11. The highest BCUT2D eigenvalue weighted by atomic mass is 16.2. The van der Waals surface area contributed by atoms with Crippen molar-refractivity contribution in [3.63, 3.8) is 0 Å². The van der Waals surface area contributed by atoms with E-state index in [1.165, 1.54) is 5.56 Å². The van der Waals surface area contributed by atoms with Gasteiger partial charge in [0.05, 0.1) is 12.6 Å². The summed E-state index contributed by atoms with van der Waals surface area (Å²) >= 11 is 0. The van der Waals surface area contributed by atoms with Crippen molar-refractivity contribution in [3.05, 3.63) is 60.3 Å². The van der Waals surface area contributed by atoms with Crippen LogP contribution in [0.3, 0.4) is 0 Å². The van der Waals surface area contributed by atoms with E-state index < -0.39 is 0 Å². The highest BCUT2D eigenvalue weighted by Crippen LogP contribution is 2.21. The minimum atomic E-state index is 0.0773. The zero-order chi connectivity index (χ0) is 19.1. The number of benzene rings is 1. The van der Waals surface area contributed by atoms with E-state index in [1.54, 1.807) is 0 Å². The summed E-state index contributed by atoms with van der Waals surface area (Å²) in [6.45, 7) is 8.40. The molecule has 1 saturated heterocycles. The normalized spacial score (nSPS) is 16.3. The first-order valence-corrected chi connectivity index (χ1v) is 9.84. The topological polar surface area (TPSA) is 48.5 Å². The largest absolute Gasteiger partial charge is 0.354 e. The first-order chi connectivity index (χ1) is 13.1. The Labute approximate surface area is 162 Å². The molecular formula is C22H30N4O. The van der Waals surface area contributed by atoms with Crippen molar-refractivity contribution in [2.75, 3.05) is 37.6 Å². The molecule has 0 radical (unpaired) electrons. The van der Waals surface area contributed by atoms with Gasteiger partial charge in [-0.1, -0.05) is 50.2 Å². The Morgan fingerprint density at radius 1 is 1.04 bits per heavy atom. The van der Waals surface area contributed by atoms with Gasteiger partial charge in [0, 0.05) is 32.4 Å². The van der Waals surface area contributed by atoms with E-state index in [9.17, 15) is 4.79 Å². The van der Waals surface area contributed by atoms with E-state index in [2.05, 4.69) is 46.1 Å². The Hall–Kier alpha value is -2.40. The molecule has 1 N–H and O–H groups in total. The number of carbonyl (C=O) groups excluding carboxylic acids is 1. The van der Waals surface area contributed by atoms with Crippen molar-refractivity contribution < 1.29 is 4.79 Å². The van der Waals surface area contributed by atoms with Gasteiger partial charge in [-0.25, -0.2) is 4.98 Å². The summed E-state index contributed by atoms with van der Waals surface area (Å²) in [7, 11) is 0. The molecule has 144 valence electrons. The molecule has 1 atom stereocenters. The third kappa shape index (κ3) is 5.79. The Kier molecular flexibility index (Phi) is 6.82. The van der Waals surface area contributed by atoms with Crippen molar-refractivity contribution in [3.8, 4) is 0 Å². The standard InChI is InChI=1S/C22H30N4O/c1-18(2)16-20(19-8-4-3-5-9-19)24-22(27)17-25-12-14-26(15-13-25)21-10-6-7-11-23-21/h3-11,18,20H,12-17H2,1-2H3,(H,24,27)/t20-/m1/s1. The minimum Gasteiger partial charge on any atom is -0.354 e. The fourth-order valence-electron chi connectivity index (χ4n) is 3.55. The molecular weight excluding hydrogens is 336 g/mol. The molecule has 0 saturated carbocycles. The number of carbonyl (C=O) groups is 1. The summed E-state index contributed by atoms with van der Waals surface area (Å²) in [6.07, 6.45) is 2.77. The van der Waals surface area contributed by atoms with Crippen LogP contribution in [-0.4, -0.2) is 48.5 Å². The smallest absolute Gasteiger partial charge is 0.234 e. The number of nitrogens with zero attached hydrogens (tertiary/aromatic N) is 3. The Morgan fingerprint density at radius 2 is 1.74 bits per heavy atom. The van der Waals surface area contributed by atoms with Gasteiger partial charge in [-0.05, 0) is 30.0 Å². The highest BCUT2D eigenvalue weighted by molar-refractivity contribution is 5.78. The number of amides is 1. The molecule has 5 heteroatoms. The number of pyridine rings is 1. The van der Waals surface area contributed by atoms with Gasteiger partial charge in [-0.15, -0.1) is 0 Å². The fourth-order valence-corrected chi connectivity index (χ4v) is 3.55. The van der Waals surface area contributed by atoms with E-state index in [0.717, 1.165) is 38.4 Å². The van der Waals surface area contributed by atoms with Crippen LogP contribution in [0.1, 0.15) is 31.9 Å². The summed E-state index contributed by atoms with van der Waals surface area (Å²) in [5.41, 5.74) is 1.18. The van der Waals surface area contributed by atoms with Crippen LogP contribution in [0.2, 0.25) is 0 Å². The predicted molar refractivity (Wildman–Crippen MR) is 110 cm³/mol. The van der Waals surface area contributed by atoms with Gasteiger partial charge in [0.25, 0.3) is 0 Å². The molecule has 5 nitrogen and oxygen atoms in total. The molecule has 27 heavy (non-hydrogen) atoms. The maximum absolute atomic E-state index is 12.6. The lowest BCUT2D eigenvalue weighted by atomic mass is 9.97. The van der Waals surface area contributed by atoms with Crippen LogP contribution in [-0.2, 0) is 4.79 Å². The van der Waals surface area contributed by atoms with Gasteiger partial charge in [0.2, 0.25) is 5.91 Å². The number of anilines is 1. The molecule has 0 spiro atoms. The number of hydrogen-bond acceptors (Lipinski definition) is 4. The highest BCUT2D eigenvalue weighted by Gasteiger charge is 2.22. The lowest BCUT2D eigenvalue weighted by Gasteiger charge is -2.35. The van der Waals surface area contributed by atoms with Crippen molar-refractivity contribution in [2.24, 2.45) is 5.92 Å². The van der Waals surface area contributed by atoms with Gasteiger partial charge < -0.3 is 10.2 Å². The Bertz CT molecular complexity index is 697. The lowest BCUT2D eigenvalue weighted by Crippen LogP contribution is -2.50. The number of aromatic nitrogens is 1. The number of piperazine rings is 1. The van der Waals surface area contributed by atoms with E-state index in [-0.39, 0.29) is 11.9 Å². The van der Waals surface area contributed by atoms with Crippen molar-refractivity contribution >= 4 is 11.7 Å². The van der Waals surface area contributed by atoms with Crippen molar-refractivity contribution in [1.29, 1.82) is 0 Å². The third-order valence-corrected chi connectivity index (χ3v) is 4.96. The van der Waals surface area contributed by atoms with Crippen LogP contribution in [0.5, 0.6) is 0 Å². The van der Waals surface area contributed by atoms with Gasteiger partial charge in [0.1, 0.15) is 5.82 Å². The maximum atomic E-state index is 12.6. The summed E-state index contributed by atoms with van der Waals surface area (Å²) < 4.78 is 0. The van der Waals surface area contributed by atoms with Gasteiger partial charge in [-0.2, -0.15) is 0 Å². The lowest BCUT2D eigenvalue weighted by molar-refractivity contribution is -0.123. The Balaban J connectivity index is 1.51. The molecule has 2 aromatic rings. The zero-order valence-electron chi connectivity index (χ0n) is 16.3. The summed E-state index contributed by atoms with van der Waals surface area (Å²) in [5.74, 6) is 1.65. The molecule has 1 aromatic heterocycles. The first kappa shape index (κ1) is 19.4. The molecule has 0 aliphatic carbocycles. The van der Waals surface area contributed by atoms with Crippen LogP contribution in [0.25, 0.3) is 0 Å². The average Bonchev–Trinajstić information content (AvgIpc) is 2.69. The molecule has 3 rings (SSSR count). The maximum Gasteiger partial charge on any atom is 0.234 e. The van der Waals surface area contributed by atoms with E-state index in [4.69, 9.17) is 0 Å². The molecule has 1 aromatic carbocycles. The number of rotatable bonds is 7. The van der Waals surface area contributed by atoms with Crippen LogP contribution >= 0.6 is 0 Å². The molecule has 0 unspecified atom stereocenters. The molecule has 1 fully saturated rings. The second kappa shape index (κ2) is 9.51. The molecule has 0 bridgehead atoms. The van der Waals surface area contributed by atoms with Crippen molar-refractivity contribution in [2.45, 2.75) is 26.3 Å². The SMILES string of the molecule is CC(C)C[C@@H](NC(=O)CN1CCN(c2ccccn2)CC1)c1ccccc1. The van der Waals surface area contributed by atoms with Gasteiger partial charge in [-0.3, -0.25) is 9.69 Å². The second-order valence-corrected chi connectivity index (χ2v) is 7.61. The van der Waals surface area contributed by atoms with Crippen molar-refractivity contribution in [1.82, 2.24) is 15.2 Å². The van der Waals surface area contributed by atoms with E-state index in [0.29, 0.717) is 12.5 Å². The molecule has 1 amide bonds. The fraction of sp³-hybridized carbons (Fsp3) is 0.455. The van der Waals surface area contributed by atoms with Gasteiger partial charge >= 0.3 is 0 Å².